The summed E-state index contributed by atoms with van der Waals surface area (Å²) in [5.41, 5.74) is 2.42. The van der Waals surface area contributed by atoms with Crippen molar-refractivity contribution in [1.82, 2.24) is 14.3 Å². The first-order valence-electron chi connectivity index (χ1n) is 6.48. The standard InChI is InChI=1S/C14H19N3O/c1-4-11-13(14(18)16(5-2)6-3)17-10-8-7-9-12(17)15-11/h7-10H,4-6H2,1-3H3. The Kier molecular flexibility index (Phi) is 3.65. The number of amides is 1. The van der Waals surface area contributed by atoms with Crippen LogP contribution in [0.1, 0.15) is 37.0 Å². The lowest BCUT2D eigenvalue weighted by atomic mass is 10.2. The van der Waals surface area contributed by atoms with Crippen LogP contribution in [0.3, 0.4) is 0 Å². The molecule has 2 aromatic heterocycles. The minimum absolute atomic E-state index is 0.0653. The van der Waals surface area contributed by atoms with Gasteiger partial charge in [0.2, 0.25) is 0 Å². The van der Waals surface area contributed by atoms with E-state index in [-0.39, 0.29) is 5.91 Å². The molecule has 1 amide bonds. The summed E-state index contributed by atoms with van der Waals surface area (Å²) in [5, 5.41) is 0. The number of pyridine rings is 1. The normalized spacial score (nSPS) is 10.8. The average Bonchev–Trinajstić information content (AvgIpc) is 2.78. The summed E-state index contributed by atoms with van der Waals surface area (Å²) in [6.07, 6.45) is 2.67. The van der Waals surface area contributed by atoms with Gasteiger partial charge < -0.3 is 4.90 Å². The zero-order valence-electron chi connectivity index (χ0n) is 11.2. The quantitative estimate of drug-likeness (QED) is 0.829. The zero-order chi connectivity index (χ0) is 13.1. The van der Waals surface area contributed by atoms with Gasteiger partial charge in [0.15, 0.2) is 0 Å². The molecule has 0 saturated carbocycles. The van der Waals surface area contributed by atoms with Gasteiger partial charge in [0, 0.05) is 19.3 Å². The second-order valence-corrected chi connectivity index (χ2v) is 4.17. The van der Waals surface area contributed by atoms with Crippen LogP contribution in [-0.4, -0.2) is 33.3 Å². The molecular weight excluding hydrogens is 226 g/mol. The number of nitrogens with zero attached hydrogens (tertiary/aromatic N) is 3. The summed E-state index contributed by atoms with van der Waals surface area (Å²) in [7, 11) is 0. The predicted molar refractivity (Wildman–Crippen MR) is 71.8 cm³/mol. The van der Waals surface area contributed by atoms with Gasteiger partial charge in [-0.15, -0.1) is 0 Å². The van der Waals surface area contributed by atoms with Crippen LogP contribution in [0, 0.1) is 0 Å². The number of aromatic nitrogens is 2. The van der Waals surface area contributed by atoms with Crippen molar-refractivity contribution in [3.63, 3.8) is 0 Å². The molecule has 0 saturated heterocycles. The van der Waals surface area contributed by atoms with Crippen LogP contribution in [-0.2, 0) is 6.42 Å². The molecule has 0 aliphatic rings. The Balaban J connectivity index is 2.57. The Labute approximate surface area is 107 Å². The maximum atomic E-state index is 12.5. The number of hydrogen-bond acceptors (Lipinski definition) is 2. The van der Waals surface area contributed by atoms with Crippen molar-refractivity contribution in [3.8, 4) is 0 Å². The SMILES string of the molecule is CCc1nc2ccccn2c1C(=O)N(CC)CC. The number of fused-ring (bicyclic) bond motifs is 1. The molecule has 0 atom stereocenters. The number of imidazole rings is 1. The van der Waals surface area contributed by atoms with Crippen molar-refractivity contribution in [2.75, 3.05) is 13.1 Å². The summed E-state index contributed by atoms with van der Waals surface area (Å²) in [4.78, 5) is 18.9. The topological polar surface area (TPSA) is 37.6 Å². The highest BCUT2D eigenvalue weighted by atomic mass is 16.2. The molecule has 0 fully saturated rings. The van der Waals surface area contributed by atoms with Crippen molar-refractivity contribution in [2.45, 2.75) is 27.2 Å². The third-order valence-electron chi connectivity index (χ3n) is 3.19. The van der Waals surface area contributed by atoms with Gasteiger partial charge >= 0.3 is 0 Å². The van der Waals surface area contributed by atoms with Gasteiger partial charge in [-0.1, -0.05) is 13.0 Å². The van der Waals surface area contributed by atoms with Crippen molar-refractivity contribution in [3.05, 3.63) is 35.8 Å². The van der Waals surface area contributed by atoms with Gasteiger partial charge in [0.25, 0.3) is 5.91 Å². The van der Waals surface area contributed by atoms with Gasteiger partial charge in [-0.25, -0.2) is 4.98 Å². The van der Waals surface area contributed by atoms with E-state index in [1.54, 1.807) is 0 Å². The molecule has 0 aromatic carbocycles. The van der Waals surface area contributed by atoms with Crippen LogP contribution >= 0.6 is 0 Å². The van der Waals surface area contributed by atoms with Crippen LogP contribution in [0.25, 0.3) is 5.65 Å². The molecule has 2 rings (SSSR count). The Bertz CT molecular complexity index is 555. The number of rotatable bonds is 4. The third-order valence-corrected chi connectivity index (χ3v) is 3.19. The molecule has 0 aliphatic heterocycles. The second kappa shape index (κ2) is 5.21. The smallest absolute Gasteiger partial charge is 0.272 e. The summed E-state index contributed by atoms with van der Waals surface area (Å²) < 4.78 is 1.89. The molecule has 4 nitrogen and oxygen atoms in total. The first-order valence-corrected chi connectivity index (χ1v) is 6.48. The highest BCUT2D eigenvalue weighted by Crippen LogP contribution is 2.15. The number of hydrogen-bond donors (Lipinski definition) is 0. The van der Waals surface area contributed by atoms with E-state index in [1.807, 2.05) is 54.5 Å². The molecule has 0 aliphatic carbocycles. The van der Waals surface area contributed by atoms with E-state index in [4.69, 9.17) is 0 Å². The molecule has 0 bridgehead atoms. The second-order valence-electron chi connectivity index (χ2n) is 4.17. The van der Waals surface area contributed by atoms with Gasteiger partial charge in [0.1, 0.15) is 11.3 Å². The Morgan fingerprint density at radius 3 is 2.61 bits per heavy atom. The zero-order valence-corrected chi connectivity index (χ0v) is 11.2. The van der Waals surface area contributed by atoms with Crippen LogP contribution < -0.4 is 0 Å². The lowest BCUT2D eigenvalue weighted by molar-refractivity contribution is 0.0765. The molecule has 0 radical (unpaired) electrons. The maximum absolute atomic E-state index is 12.5. The Morgan fingerprint density at radius 1 is 1.28 bits per heavy atom. The maximum Gasteiger partial charge on any atom is 0.272 e. The van der Waals surface area contributed by atoms with Gasteiger partial charge in [0.05, 0.1) is 5.69 Å². The van der Waals surface area contributed by atoms with E-state index in [2.05, 4.69) is 4.98 Å². The first-order chi connectivity index (χ1) is 8.72. The van der Waals surface area contributed by atoms with E-state index < -0.39 is 0 Å². The fourth-order valence-electron chi connectivity index (χ4n) is 2.18. The molecule has 2 aromatic rings. The number of carbonyl (C=O) groups is 1. The lowest BCUT2D eigenvalue weighted by Gasteiger charge is -2.18. The van der Waals surface area contributed by atoms with Crippen molar-refractivity contribution < 1.29 is 4.79 Å². The van der Waals surface area contributed by atoms with Crippen LogP contribution in [0.2, 0.25) is 0 Å². The summed E-state index contributed by atoms with van der Waals surface area (Å²) in [5.74, 6) is 0.0653. The molecule has 96 valence electrons. The monoisotopic (exact) mass is 245 g/mol. The molecule has 18 heavy (non-hydrogen) atoms. The Morgan fingerprint density at radius 2 is 2.00 bits per heavy atom. The average molecular weight is 245 g/mol. The molecule has 0 spiro atoms. The van der Waals surface area contributed by atoms with Crippen molar-refractivity contribution >= 4 is 11.6 Å². The van der Waals surface area contributed by atoms with Gasteiger partial charge in [-0.05, 0) is 32.4 Å². The van der Waals surface area contributed by atoms with Crippen LogP contribution in [0.15, 0.2) is 24.4 Å². The minimum atomic E-state index is 0.0653. The van der Waals surface area contributed by atoms with E-state index in [0.717, 1.165) is 30.9 Å². The highest BCUT2D eigenvalue weighted by Gasteiger charge is 2.21. The van der Waals surface area contributed by atoms with E-state index >= 15 is 0 Å². The molecule has 4 heteroatoms. The van der Waals surface area contributed by atoms with E-state index in [0.29, 0.717) is 5.69 Å². The fourth-order valence-corrected chi connectivity index (χ4v) is 2.18. The van der Waals surface area contributed by atoms with Crippen LogP contribution in [0.5, 0.6) is 0 Å². The third kappa shape index (κ3) is 1.98. The summed E-state index contributed by atoms with van der Waals surface area (Å²) in [6.45, 7) is 7.46. The van der Waals surface area contributed by atoms with Crippen molar-refractivity contribution in [1.29, 1.82) is 0 Å². The Hall–Kier alpha value is -1.84. The molecular formula is C14H19N3O. The fraction of sp³-hybridized carbons (Fsp3) is 0.429. The summed E-state index contributed by atoms with van der Waals surface area (Å²) in [6, 6.07) is 5.79. The highest BCUT2D eigenvalue weighted by molar-refractivity contribution is 5.94. The van der Waals surface area contributed by atoms with E-state index in [9.17, 15) is 4.79 Å². The first kappa shape index (κ1) is 12.6. The van der Waals surface area contributed by atoms with E-state index in [1.165, 1.54) is 0 Å². The van der Waals surface area contributed by atoms with Crippen LogP contribution in [0.4, 0.5) is 0 Å². The molecule has 2 heterocycles. The van der Waals surface area contributed by atoms with Gasteiger partial charge in [-0.3, -0.25) is 9.20 Å². The summed E-state index contributed by atoms with van der Waals surface area (Å²) >= 11 is 0. The number of aryl methyl sites for hydroxylation is 1. The number of carbonyl (C=O) groups excluding carboxylic acids is 1. The minimum Gasteiger partial charge on any atom is -0.338 e. The molecule has 0 unspecified atom stereocenters. The molecule has 0 N–H and O–H groups in total. The predicted octanol–water partition coefficient (Wildman–Crippen LogP) is 2.38. The largest absolute Gasteiger partial charge is 0.338 e. The van der Waals surface area contributed by atoms with Gasteiger partial charge in [-0.2, -0.15) is 0 Å². The van der Waals surface area contributed by atoms with Crippen molar-refractivity contribution in [2.24, 2.45) is 0 Å². The lowest BCUT2D eigenvalue weighted by Crippen LogP contribution is -2.32.